The Morgan fingerprint density at radius 1 is 1.00 bits per heavy atom. The number of thiophene rings is 1. The van der Waals surface area contributed by atoms with Gasteiger partial charge in [0.1, 0.15) is 10.6 Å². The second-order valence-electron chi connectivity index (χ2n) is 5.60. The van der Waals surface area contributed by atoms with Crippen LogP contribution in [0, 0.1) is 6.92 Å². The van der Waals surface area contributed by atoms with Crippen LogP contribution in [0.2, 0.25) is 0 Å². The van der Waals surface area contributed by atoms with Gasteiger partial charge in [-0.25, -0.2) is 4.79 Å². The molecule has 0 saturated carbocycles. The zero-order chi connectivity index (χ0) is 18.9. The molecule has 26 heavy (non-hydrogen) atoms. The third-order valence-electron chi connectivity index (χ3n) is 3.72. The Balaban J connectivity index is 2.07. The minimum absolute atomic E-state index is 0.130. The standard InChI is InChI=1S/C19H13F3O3S/c1-11-2-4-12(5-3-11)15-10-26-17(18(23)24)16(15)13-6-8-14(9-7-13)25-19(20,21)22/h2-10H,1H3,(H,23,24). The Kier molecular flexibility index (Phi) is 4.73. The Labute approximate surface area is 151 Å². The summed E-state index contributed by atoms with van der Waals surface area (Å²) in [6, 6.07) is 12.8. The number of carboxylic acid groups (broad SMARTS) is 1. The highest BCUT2D eigenvalue weighted by atomic mass is 32.1. The van der Waals surface area contributed by atoms with Crippen LogP contribution >= 0.6 is 11.3 Å². The topological polar surface area (TPSA) is 46.5 Å². The van der Waals surface area contributed by atoms with Crippen LogP contribution < -0.4 is 4.74 Å². The maximum absolute atomic E-state index is 12.3. The van der Waals surface area contributed by atoms with E-state index in [1.54, 1.807) is 5.38 Å². The summed E-state index contributed by atoms with van der Waals surface area (Å²) in [5.74, 6) is -1.44. The van der Waals surface area contributed by atoms with Crippen molar-refractivity contribution in [2.24, 2.45) is 0 Å². The molecule has 7 heteroatoms. The number of rotatable bonds is 4. The summed E-state index contributed by atoms with van der Waals surface area (Å²) in [4.78, 5) is 11.7. The summed E-state index contributed by atoms with van der Waals surface area (Å²) in [5, 5.41) is 11.2. The molecule has 1 aromatic heterocycles. The van der Waals surface area contributed by atoms with Crippen LogP contribution in [-0.2, 0) is 0 Å². The molecular formula is C19H13F3O3S. The number of benzene rings is 2. The second-order valence-corrected chi connectivity index (χ2v) is 6.48. The molecule has 2 aromatic carbocycles. The lowest BCUT2D eigenvalue weighted by Gasteiger charge is -2.11. The number of aryl methyl sites for hydroxylation is 1. The number of ether oxygens (including phenoxy) is 1. The number of hydrogen-bond acceptors (Lipinski definition) is 3. The van der Waals surface area contributed by atoms with Crippen LogP contribution in [0.15, 0.2) is 53.9 Å². The number of alkyl halides is 3. The summed E-state index contributed by atoms with van der Waals surface area (Å²) in [6.45, 7) is 1.94. The number of aromatic carboxylic acids is 1. The van der Waals surface area contributed by atoms with Gasteiger partial charge in [-0.1, -0.05) is 42.0 Å². The Morgan fingerprint density at radius 2 is 1.58 bits per heavy atom. The maximum Gasteiger partial charge on any atom is 0.573 e. The molecule has 0 spiro atoms. The van der Waals surface area contributed by atoms with Gasteiger partial charge in [0, 0.05) is 16.5 Å². The lowest BCUT2D eigenvalue weighted by molar-refractivity contribution is -0.274. The summed E-state index contributed by atoms with van der Waals surface area (Å²) < 4.78 is 40.8. The van der Waals surface area contributed by atoms with E-state index in [1.807, 2.05) is 31.2 Å². The highest BCUT2D eigenvalue weighted by Gasteiger charge is 2.31. The quantitative estimate of drug-likeness (QED) is 0.607. The molecule has 0 aliphatic carbocycles. The number of carbonyl (C=O) groups is 1. The molecule has 0 bridgehead atoms. The first kappa shape index (κ1) is 18.0. The maximum atomic E-state index is 12.3. The van der Waals surface area contributed by atoms with E-state index in [-0.39, 0.29) is 10.6 Å². The zero-order valence-electron chi connectivity index (χ0n) is 13.5. The minimum Gasteiger partial charge on any atom is -0.477 e. The lowest BCUT2D eigenvalue weighted by Crippen LogP contribution is -2.16. The fourth-order valence-electron chi connectivity index (χ4n) is 2.57. The van der Waals surface area contributed by atoms with Gasteiger partial charge in [0.15, 0.2) is 0 Å². The first-order valence-corrected chi connectivity index (χ1v) is 8.40. The number of hydrogen-bond donors (Lipinski definition) is 1. The summed E-state index contributed by atoms with van der Waals surface area (Å²) >= 11 is 1.08. The van der Waals surface area contributed by atoms with Gasteiger partial charge in [0.05, 0.1) is 0 Å². The van der Waals surface area contributed by atoms with Crippen molar-refractivity contribution in [3.05, 3.63) is 64.4 Å². The molecule has 0 aliphatic rings. The van der Waals surface area contributed by atoms with Gasteiger partial charge in [-0.15, -0.1) is 24.5 Å². The van der Waals surface area contributed by atoms with Gasteiger partial charge in [-0.2, -0.15) is 0 Å². The van der Waals surface area contributed by atoms with Gasteiger partial charge in [0.2, 0.25) is 0 Å². The molecule has 0 aliphatic heterocycles. The molecule has 1 N–H and O–H groups in total. The van der Waals surface area contributed by atoms with Crippen LogP contribution in [0.5, 0.6) is 5.75 Å². The molecule has 3 rings (SSSR count). The molecule has 0 fully saturated rings. The van der Waals surface area contributed by atoms with E-state index in [0.717, 1.165) is 28.0 Å². The summed E-state index contributed by atoms with van der Waals surface area (Å²) in [5.41, 5.74) is 3.61. The molecule has 0 radical (unpaired) electrons. The highest BCUT2D eigenvalue weighted by molar-refractivity contribution is 7.13. The van der Waals surface area contributed by atoms with Gasteiger partial charge in [0.25, 0.3) is 0 Å². The molecule has 1 heterocycles. The fraction of sp³-hybridized carbons (Fsp3) is 0.105. The van der Waals surface area contributed by atoms with E-state index in [0.29, 0.717) is 11.1 Å². The Hall–Kier alpha value is -2.80. The van der Waals surface area contributed by atoms with Crippen LogP contribution in [0.1, 0.15) is 15.2 Å². The molecule has 3 nitrogen and oxygen atoms in total. The van der Waals surface area contributed by atoms with Crippen molar-refractivity contribution >= 4 is 17.3 Å². The Bertz CT molecular complexity index is 926. The number of halogens is 3. The van der Waals surface area contributed by atoms with Crippen molar-refractivity contribution in [1.29, 1.82) is 0 Å². The zero-order valence-corrected chi connectivity index (χ0v) is 14.3. The monoisotopic (exact) mass is 378 g/mol. The lowest BCUT2D eigenvalue weighted by atomic mass is 9.96. The average molecular weight is 378 g/mol. The number of carboxylic acids is 1. The van der Waals surface area contributed by atoms with Crippen molar-refractivity contribution in [1.82, 2.24) is 0 Å². The van der Waals surface area contributed by atoms with Gasteiger partial charge < -0.3 is 9.84 Å². The first-order valence-electron chi connectivity index (χ1n) is 7.52. The highest BCUT2D eigenvalue weighted by Crippen LogP contribution is 2.40. The molecule has 3 aromatic rings. The summed E-state index contributed by atoms with van der Waals surface area (Å²) in [6.07, 6.45) is -4.77. The van der Waals surface area contributed by atoms with Crippen molar-refractivity contribution in [3.8, 4) is 28.0 Å². The van der Waals surface area contributed by atoms with E-state index >= 15 is 0 Å². The van der Waals surface area contributed by atoms with Crippen molar-refractivity contribution in [2.45, 2.75) is 13.3 Å². The normalized spacial score (nSPS) is 11.4. The smallest absolute Gasteiger partial charge is 0.477 e. The molecule has 0 amide bonds. The first-order chi connectivity index (χ1) is 12.2. The van der Waals surface area contributed by atoms with E-state index in [1.165, 1.54) is 24.3 Å². The van der Waals surface area contributed by atoms with Gasteiger partial charge in [-0.3, -0.25) is 0 Å². The van der Waals surface area contributed by atoms with Crippen LogP contribution in [0.4, 0.5) is 13.2 Å². The van der Waals surface area contributed by atoms with Crippen LogP contribution in [0.3, 0.4) is 0 Å². The van der Waals surface area contributed by atoms with E-state index in [4.69, 9.17) is 0 Å². The third-order valence-corrected chi connectivity index (χ3v) is 4.69. The van der Waals surface area contributed by atoms with E-state index in [2.05, 4.69) is 4.74 Å². The minimum atomic E-state index is -4.77. The third kappa shape index (κ3) is 3.88. The molecule has 0 atom stereocenters. The molecular weight excluding hydrogens is 365 g/mol. The van der Waals surface area contributed by atoms with E-state index < -0.39 is 12.3 Å². The van der Waals surface area contributed by atoms with Gasteiger partial charge in [-0.05, 0) is 30.2 Å². The van der Waals surface area contributed by atoms with Crippen LogP contribution in [-0.4, -0.2) is 17.4 Å². The molecule has 134 valence electrons. The van der Waals surface area contributed by atoms with E-state index in [9.17, 15) is 23.1 Å². The van der Waals surface area contributed by atoms with Crippen molar-refractivity contribution in [2.75, 3.05) is 0 Å². The van der Waals surface area contributed by atoms with Gasteiger partial charge >= 0.3 is 12.3 Å². The molecule has 0 saturated heterocycles. The molecule has 0 unspecified atom stereocenters. The summed E-state index contributed by atoms with van der Waals surface area (Å²) in [7, 11) is 0. The predicted molar refractivity (Wildman–Crippen MR) is 93.6 cm³/mol. The largest absolute Gasteiger partial charge is 0.573 e. The van der Waals surface area contributed by atoms with Crippen molar-refractivity contribution < 1.29 is 27.8 Å². The second kappa shape index (κ2) is 6.84. The average Bonchev–Trinajstić information content (AvgIpc) is 3.00. The van der Waals surface area contributed by atoms with Crippen molar-refractivity contribution in [3.63, 3.8) is 0 Å². The Morgan fingerprint density at radius 3 is 2.12 bits per heavy atom. The SMILES string of the molecule is Cc1ccc(-c2csc(C(=O)O)c2-c2ccc(OC(F)(F)F)cc2)cc1. The predicted octanol–water partition coefficient (Wildman–Crippen LogP) is 5.99. The van der Waals surface area contributed by atoms with Crippen LogP contribution in [0.25, 0.3) is 22.3 Å². The fourth-order valence-corrected chi connectivity index (χ4v) is 3.51.